The maximum atomic E-state index is 12.3. The fourth-order valence-corrected chi connectivity index (χ4v) is 4.60. The van der Waals surface area contributed by atoms with Gasteiger partial charge in [-0.15, -0.1) is 0 Å². The van der Waals surface area contributed by atoms with Crippen LogP contribution in [0.4, 0.5) is 0 Å². The zero-order chi connectivity index (χ0) is 13.4. The summed E-state index contributed by atoms with van der Waals surface area (Å²) in [4.78, 5) is 12.3. The van der Waals surface area contributed by atoms with Crippen LogP contribution in [0.3, 0.4) is 0 Å². The molecule has 5 nitrogen and oxygen atoms in total. The van der Waals surface area contributed by atoms with Crippen LogP contribution in [0.15, 0.2) is 0 Å². The topological polar surface area (TPSA) is 89.3 Å². The summed E-state index contributed by atoms with van der Waals surface area (Å²) in [6.07, 6.45) is 4.01. The molecular formula is C12H22N2O3S. The van der Waals surface area contributed by atoms with Crippen LogP contribution in [-0.4, -0.2) is 37.9 Å². The highest BCUT2D eigenvalue weighted by molar-refractivity contribution is 7.91. The molecule has 18 heavy (non-hydrogen) atoms. The van der Waals surface area contributed by atoms with Gasteiger partial charge in [0.1, 0.15) is 0 Å². The minimum atomic E-state index is -2.98. The second-order valence-electron chi connectivity index (χ2n) is 5.84. The summed E-state index contributed by atoms with van der Waals surface area (Å²) in [6.45, 7) is 1.89. The van der Waals surface area contributed by atoms with Crippen molar-refractivity contribution in [2.75, 3.05) is 11.5 Å². The second kappa shape index (κ2) is 4.81. The van der Waals surface area contributed by atoms with Gasteiger partial charge in [-0.1, -0.05) is 6.42 Å². The molecule has 3 unspecified atom stereocenters. The van der Waals surface area contributed by atoms with Crippen molar-refractivity contribution in [3.63, 3.8) is 0 Å². The Morgan fingerprint density at radius 1 is 1.33 bits per heavy atom. The van der Waals surface area contributed by atoms with E-state index >= 15 is 0 Å². The maximum absolute atomic E-state index is 12.3. The van der Waals surface area contributed by atoms with Crippen molar-refractivity contribution in [3.05, 3.63) is 0 Å². The third-order valence-corrected chi connectivity index (χ3v) is 6.17. The van der Waals surface area contributed by atoms with Crippen LogP contribution in [0.2, 0.25) is 0 Å². The lowest BCUT2D eigenvalue weighted by atomic mass is 9.84. The molecule has 1 saturated heterocycles. The third-order valence-electron chi connectivity index (χ3n) is 4.35. The monoisotopic (exact) mass is 274 g/mol. The summed E-state index contributed by atoms with van der Waals surface area (Å²) in [6, 6.07) is -0.349. The average molecular weight is 274 g/mol. The molecule has 1 aliphatic carbocycles. The average Bonchev–Trinajstić information content (AvgIpc) is 2.59. The van der Waals surface area contributed by atoms with E-state index in [0.29, 0.717) is 6.42 Å². The Kier molecular flexibility index (Phi) is 3.69. The van der Waals surface area contributed by atoms with Gasteiger partial charge in [-0.05, 0) is 32.6 Å². The van der Waals surface area contributed by atoms with Gasteiger partial charge in [0, 0.05) is 12.1 Å². The molecule has 104 valence electrons. The van der Waals surface area contributed by atoms with Crippen molar-refractivity contribution in [1.29, 1.82) is 0 Å². The Balaban J connectivity index is 1.99. The van der Waals surface area contributed by atoms with Crippen molar-refractivity contribution >= 4 is 15.7 Å². The molecule has 0 spiro atoms. The molecule has 1 saturated carbocycles. The predicted molar refractivity (Wildman–Crippen MR) is 69.8 cm³/mol. The molecule has 1 aliphatic heterocycles. The van der Waals surface area contributed by atoms with Crippen LogP contribution in [0.5, 0.6) is 0 Å². The molecular weight excluding hydrogens is 252 g/mol. The molecule has 2 rings (SSSR count). The first-order valence-corrected chi connectivity index (χ1v) is 8.43. The number of carbonyl (C=O) groups is 1. The highest BCUT2D eigenvalue weighted by atomic mass is 32.2. The normalized spacial score (nSPS) is 39.4. The third kappa shape index (κ3) is 2.69. The van der Waals surface area contributed by atoms with Crippen LogP contribution in [0, 0.1) is 5.41 Å². The number of nitrogens with one attached hydrogen (secondary N) is 1. The van der Waals surface area contributed by atoms with E-state index in [-0.39, 0.29) is 29.5 Å². The Hall–Kier alpha value is -0.620. The zero-order valence-electron chi connectivity index (χ0n) is 10.8. The lowest BCUT2D eigenvalue weighted by Crippen LogP contribution is -2.52. The van der Waals surface area contributed by atoms with E-state index in [4.69, 9.17) is 5.73 Å². The zero-order valence-corrected chi connectivity index (χ0v) is 11.6. The fourth-order valence-electron chi connectivity index (χ4n) is 2.96. The predicted octanol–water partition coefficient (Wildman–Crippen LogP) is 0.197. The van der Waals surface area contributed by atoms with Crippen molar-refractivity contribution in [2.24, 2.45) is 11.1 Å². The quantitative estimate of drug-likeness (QED) is 0.752. The number of carbonyl (C=O) groups excluding carboxylic acids is 1. The van der Waals surface area contributed by atoms with Crippen LogP contribution < -0.4 is 11.1 Å². The Bertz CT molecular complexity index is 435. The number of hydrogen-bond donors (Lipinski definition) is 2. The number of nitrogens with two attached hydrogens (primary N) is 1. The second-order valence-corrected chi connectivity index (χ2v) is 8.07. The smallest absolute Gasteiger partial charge is 0.227 e. The van der Waals surface area contributed by atoms with Crippen LogP contribution in [0.1, 0.15) is 39.0 Å². The lowest BCUT2D eigenvalue weighted by Gasteiger charge is -2.31. The molecule has 1 heterocycles. The molecule has 0 aromatic rings. The molecule has 0 radical (unpaired) electrons. The van der Waals surface area contributed by atoms with Crippen molar-refractivity contribution in [1.82, 2.24) is 5.32 Å². The van der Waals surface area contributed by atoms with Crippen LogP contribution in [-0.2, 0) is 14.6 Å². The van der Waals surface area contributed by atoms with Gasteiger partial charge in [0.25, 0.3) is 0 Å². The Labute approximate surface area is 108 Å². The van der Waals surface area contributed by atoms with Gasteiger partial charge in [0.05, 0.1) is 16.9 Å². The van der Waals surface area contributed by atoms with Gasteiger partial charge in [-0.3, -0.25) is 4.79 Å². The first-order chi connectivity index (χ1) is 8.33. The van der Waals surface area contributed by atoms with Crippen molar-refractivity contribution < 1.29 is 13.2 Å². The largest absolute Gasteiger partial charge is 0.352 e. The molecule has 1 amide bonds. The first kappa shape index (κ1) is 13.8. The maximum Gasteiger partial charge on any atom is 0.227 e. The standard InChI is InChI=1S/C12H22N2O3S/c1-12(6-2-5-10(12)13)11(15)14-9-4-3-7-18(16,17)8-9/h9-10H,2-8,13H2,1H3,(H,14,15). The highest BCUT2D eigenvalue weighted by Gasteiger charge is 2.43. The molecule has 0 aromatic carbocycles. The van der Waals surface area contributed by atoms with Crippen LogP contribution in [0.25, 0.3) is 0 Å². The summed E-state index contributed by atoms with van der Waals surface area (Å²) in [7, 11) is -2.98. The van der Waals surface area contributed by atoms with E-state index in [0.717, 1.165) is 25.7 Å². The summed E-state index contributed by atoms with van der Waals surface area (Å²) in [5, 5.41) is 2.89. The van der Waals surface area contributed by atoms with Gasteiger partial charge < -0.3 is 11.1 Å². The summed E-state index contributed by atoms with van der Waals surface area (Å²) >= 11 is 0. The number of hydrogen-bond acceptors (Lipinski definition) is 4. The molecule has 2 aliphatic rings. The molecule has 2 fully saturated rings. The van der Waals surface area contributed by atoms with E-state index in [1.54, 1.807) is 0 Å². The molecule has 0 aromatic heterocycles. The minimum Gasteiger partial charge on any atom is -0.352 e. The molecule has 3 N–H and O–H groups in total. The highest BCUT2D eigenvalue weighted by Crippen LogP contribution is 2.37. The van der Waals surface area contributed by atoms with Gasteiger partial charge in [-0.2, -0.15) is 0 Å². The number of amides is 1. The Morgan fingerprint density at radius 3 is 2.61 bits per heavy atom. The van der Waals surface area contributed by atoms with Gasteiger partial charge in [0.2, 0.25) is 5.91 Å². The van der Waals surface area contributed by atoms with E-state index in [2.05, 4.69) is 5.32 Å². The van der Waals surface area contributed by atoms with Crippen molar-refractivity contribution in [3.8, 4) is 0 Å². The number of rotatable bonds is 2. The fraction of sp³-hybridized carbons (Fsp3) is 0.917. The number of sulfone groups is 1. The van der Waals surface area contributed by atoms with Crippen molar-refractivity contribution in [2.45, 2.75) is 51.1 Å². The summed E-state index contributed by atoms with van der Waals surface area (Å²) < 4.78 is 23.1. The van der Waals surface area contributed by atoms with E-state index in [9.17, 15) is 13.2 Å². The van der Waals surface area contributed by atoms with E-state index in [1.165, 1.54) is 0 Å². The lowest BCUT2D eigenvalue weighted by molar-refractivity contribution is -0.131. The van der Waals surface area contributed by atoms with Gasteiger partial charge in [-0.25, -0.2) is 8.42 Å². The SMILES string of the molecule is CC1(C(=O)NC2CCCS(=O)(=O)C2)CCCC1N. The molecule has 6 heteroatoms. The summed E-state index contributed by atoms with van der Waals surface area (Å²) in [5.41, 5.74) is 5.47. The minimum absolute atomic E-state index is 0.0735. The summed E-state index contributed by atoms with van der Waals surface area (Å²) in [5.74, 6) is 0.245. The van der Waals surface area contributed by atoms with E-state index in [1.807, 2.05) is 6.92 Å². The van der Waals surface area contributed by atoms with Crippen LogP contribution >= 0.6 is 0 Å². The molecule has 0 bridgehead atoms. The van der Waals surface area contributed by atoms with E-state index < -0.39 is 15.3 Å². The van der Waals surface area contributed by atoms with Gasteiger partial charge >= 0.3 is 0 Å². The van der Waals surface area contributed by atoms with Gasteiger partial charge in [0.15, 0.2) is 9.84 Å². The first-order valence-electron chi connectivity index (χ1n) is 6.60. The molecule has 3 atom stereocenters. The Morgan fingerprint density at radius 2 is 2.06 bits per heavy atom.